The maximum absolute atomic E-state index is 14.1. The van der Waals surface area contributed by atoms with E-state index >= 15 is 0 Å². The summed E-state index contributed by atoms with van der Waals surface area (Å²) in [7, 11) is 0. The molecule has 1 saturated carbocycles. The summed E-state index contributed by atoms with van der Waals surface area (Å²) in [5.74, 6) is -4.66. The van der Waals surface area contributed by atoms with E-state index in [1.54, 1.807) is 0 Å². The number of halogens is 7. The molecule has 0 aromatic heterocycles. The highest BCUT2D eigenvalue weighted by Crippen LogP contribution is 2.38. The van der Waals surface area contributed by atoms with Crippen molar-refractivity contribution in [3.63, 3.8) is 0 Å². The number of allylic oxidation sites excluding steroid dienone is 1. The molecule has 1 aliphatic rings. The molecule has 0 N–H and O–H groups in total. The highest BCUT2D eigenvalue weighted by Gasteiger charge is 2.36. The van der Waals surface area contributed by atoms with Gasteiger partial charge in [0.25, 0.3) is 0 Å². The smallest absolute Gasteiger partial charge is 0.399 e. The summed E-state index contributed by atoms with van der Waals surface area (Å²) in [5, 5.41) is 0. The minimum absolute atomic E-state index is 0.221. The lowest BCUT2D eigenvalue weighted by Gasteiger charge is -2.30. The van der Waals surface area contributed by atoms with E-state index in [2.05, 4.69) is 16.1 Å². The molecule has 0 bridgehead atoms. The standard InChI is InChI=1S/C20H23F7O2/c1-2-3-4-13-5-7-14(8-6-13)11-19(23,24)28-12-15-9-16(21)18(17(22)10-15)29-20(25,26)27/h2,9-10,13-14H,1,3-8,11-12H2. The number of benzene rings is 1. The van der Waals surface area contributed by atoms with E-state index in [1.807, 2.05) is 6.08 Å². The van der Waals surface area contributed by atoms with Crippen LogP contribution in [0.15, 0.2) is 24.8 Å². The van der Waals surface area contributed by atoms with Gasteiger partial charge in [0, 0.05) is 6.42 Å². The van der Waals surface area contributed by atoms with Gasteiger partial charge in [0.05, 0.1) is 6.61 Å². The lowest BCUT2D eigenvalue weighted by atomic mass is 9.78. The fraction of sp³-hybridized carbons (Fsp3) is 0.600. The SMILES string of the molecule is C=CCCC1CCC(CC(F)(F)OCc2cc(F)c(OC(F)(F)F)c(F)c2)CC1. The molecule has 0 heterocycles. The van der Waals surface area contributed by atoms with Gasteiger partial charge in [0.1, 0.15) is 0 Å². The zero-order chi connectivity index (χ0) is 21.7. The largest absolute Gasteiger partial charge is 0.573 e. The Balaban J connectivity index is 1.87. The highest BCUT2D eigenvalue weighted by molar-refractivity contribution is 5.31. The topological polar surface area (TPSA) is 18.5 Å². The van der Waals surface area contributed by atoms with Crippen molar-refractivity contribution in [2.45, 2.75) is 64.0 Å². The molecule has 2 rings (SSSR count). The molecular weight excluding hydrogens is 405 g/mol. The third-order valence-corrected chi connectivity index (χ3v) is 5.00. The number of hydrogen-bond acceptors (Lipinski definition) is 2. The van der Waals surface area contributed by atoms with Crippen LogP contribution in [0.1, 0.15) is 50.5 Å². The van der Waals surface area contributed by atoms with Crippen molar-refractivity contribution in [3.05, 3.63) is 42.0 Å². The second-order valence-electron chi connectivity index (χ2n) is 7.32. The van der Waals surface area contributed by atoms with E-state index in [1.165, 1.54) is 0 Å². The Bertz CT molecular complexity index is 657. The molecule has 2 nitrogen and oxygen atoms in total. The summed E-state index contributed by atoms with van der Waals surface area (Å²) in [6.07, 6.45) is -2.58. The first kappa shape index (κ1) is 23.5. The minimum atomic E-state index is -5.28. The van der Waals surface area contributed by atoms with Gasteiger partial charge in [-0.2, -0.15) is 8.78 Å². The maximum atomic E-state index is 14.1. The Morgan fingerprint density at radius 3 is 2.03 bits per heavy atom. The van der Waals surface area contributed by atoms with Crippen LogP contribution in [0.5, 0.6) is 5.75 Å². The molecular formula is C20H23F7O2. The van der Waals surface area contributed by atoms with Gasteiger partial charge in [-0.3, -0.25) is 0 Å². The summed E-state index contributed by atoms with van der Waals surface area (Å²) in [6.45, 7) is 2.82. The van der Waals surface area contributed by atoms with E-state index < -0.39 is 42.9 Å². The first-order valence-corrected chi connectivity index (χ1v) is 9.35. The van der Waals surface area contributed by atoms with Crippen molar-refractivity contribution in [2.75, 3.05) is 0 Å². The van der Waals surface area contributed by atoms with Gasteiger partial charge in [0.15, 0.2) is 11.6 Å². The Kier molecular flexibility index (Phi) is 7.96. The lowest BCUT2D eigenvalue weighted by Crippen LogP contribution is -2.27. The van der Waals surface area contributed by atoms with Gasteiger partial charge in [-0.15, -0.1) is 19.8 Å². The Hall–Kier alpha value is -1.77. The second-order valence-corrected chi connectivity index (χ2v) is 7.32. The van der Waals surface area contributed by atoms with E-state index in [4.69, 9.17) is 0 Å². The second kappa shape index (κ2) is 9.82. The van der Waals surface area contributed by atoms with Crippen LogP contribution in [-0.2, 0) is 11.3 Å². The van der Waals surface area contributed by atoms with E-state index in [0.717, 1.165) is 25.7 Å². The fourth-order valence-electron chi connectivity index (χ4n) is 3.57. The van der Waals surface area contributed by atoms with Crippen molar-refractivity contribution in [3.8, 4) is 5.75 Å². The summed E-state index contributed by atoms with van der Waals surface area (Å²) >= 11 is 0. The molecule has 29 heavy (non-hydrogen) atoms. The van der Waals surface area contributed by atoms with Crippen molar-refractivity contribution in [1.82, 2.24) is 0 Å². The van der Waals surface area contributed by atoms with Gasteiger partial charge in [-0.05, 0) is 55.2 Å². The predicted molar refractivity (Wildman–Crippen MR) is 92.3 cm³/mol. The van der Waals surface area contributed by atoms with Crippen molar-refractivity contribution >= 4 is 0 Å². The Morgan fingerprint density at radius 2 is 1.52 bits per heavy atom. The Morgan fingerprint density at radius 1 is 0.966 bits per heavy atom. The molecule has 0 amide bonds. The van der Waals surface area contributed by atoms with E-state index in [-0.39, 0.29) is 11.5 Å². The van der Waals surface area contributed by atoms with Crippen LogP contribution in [0, 0.1) is 23.5 Å². The molecule has 0 spiro atoms. The van der Waals surface area contributed by atoms with Crippen LogP contribution in [0.25, 0.3) is 0 Å². The van der Waals surface area contributed by atoms with Crippen LogP contribution < -0.4 is 4.74 Å². The monoisotopic (exact) mass is 428 g/mol. The van der Waals surface area contributed by atoms with Crippen LogP contribution in [-0.4, -0.2) is 12.5 Å². The molecule has 0 unspecified atom stereocenters. The predicted octanol–water partition coefficient (Wildman–Crippen LogP) is 7.14. The molecule has 164 valence electrons. The number of ether oxygens (including phenoxy) is 2. The normalized spacial score (nSPS) is 20.5. The molecule has 1 fully saturated rings. The lowest BCUT2D eigenvalue weighted by molar-refractivity contribution is -0.276. The average Bonchev–Trinajstić information content (AvgIpc) is 2.61. The third-order valence-electron chi connectivity index (χ3n) is 5.00. The summed E-state index contributed by atoms with van der Waals surface area (Å²) in [4.78, 5) is 0. The van der Waals surface area contributed by atoms with Gasteiger partial charge < -0.3 is 9.47 Å². The summed E-state index contributed by atoms with van der Waals surface area (Å²) < 4.78 is 99.7. The summed E-state index contributed by atoms with van der Waals surface area (Å²) in [6, 6.07) is 0.954. The highest BCUT2D eigenvalue weighted by atomic mass is 19.4. The molecule has 9 heteroatoms. The van der Waals surface area contributed by atoms with Crippen LogP contribution >= 0.6 is 0 Å². The Labute approximate surface area is 164 Å². The average molecular weight is 428 g/mol. The molecule has 1 aromatic carbocycles. The van der Waals surface area contributed by atoms with Gasteiger partial charge >= 0.3 is 12.5 Å². The van der Waals surface area contributed by atoms with Crippen molar-refractivity contribution < 1.29 is 40.2 Å². The third kappa shape index (κ3) is 7.87. The molecule has 0 radical (unpaired) electrons. The quantitative estimate of drug-likeness (QED) is 0.308. The van der Waals surface area contributed by atoms with Gasteiger partial charge in [-0.25, -0.2) is 8.78 Å². The number of rotatable bonds is 9. The first-order valence-electron chi connectivity index (χ1n) is 9.35. The zero-order valence-corrected chi connectivity index (χ0v) is 15.7. The van der Waals surface area contributed by atoms with Gasteiger partial charge in [0.2, 0.25) is 5.75 Å². The summed E-state index contributed by atoms with van der Waals surface area (Å²) in [5.41, 5.74) is -0.359. The van der Waals surface area contributed by atoms with Crippen molar-refractivity contribution in [2.24, 2.45) is 11.8 Å². The van der Waals surface area contributed by atoms with E-state index in [9.17, 15) is 30.7 Å². The molecule has 1 aliphatic carbocycles. The van der Waals surface area contributed by atoms with Crippen molar-refractivity contribution in [1.29, 1.82) is 0 Å². The molecule has 0 aliphatic heterocycles. The minimum Gasteiger partial charge on any atom is -0.399 e. The first-order chi connectivity index (χ1) is 13.5. The fourth-order valence-corrected chi connectivity index (χ4v) is 3.57. The van der Waals surface area contributed by atoms with Gasteiger partial charge in [-0.1, -0.05) is 18.9 Å². The zero-order valence-electron chi connectivity index (χ0n) is 15.7. The number of hydrogen-bond donors (Lipinski definition) is 0. The maximum Gasteiger partial charge on any atom is 0.573 e. The molecule has 0 saturated heterocycles. The van der Waals surface area contributed by atoms with Crippen LogP contribution in [0.3, 0.4) is 0 Å². The number of alkyl halides is 5. The molecule has 1 aromatic rings. The van der Waals surface area contributed by atoms with Crippen LogP contribution in [0.2, 0.25) is 0 Å². The molecule has 0 atom stereocenters. The van der Waals surface area contributed by atoms with E-state index in [0.29, 0.717) is 30.9 Å². The van der Waals surface area contributed by atoms with Crippen LogP contribution in [0.4, 0.5) is 30.7 Å².